The Bertz CT molecular complexity index is 590. The van der Waals surface area contributed by atoms with Crippen molar-refractivity contribution in [3.8, 4) is 0 Å². The van der Waals surface area contributed by atoms with Crippen LogP contribution in [0.1, 0.15) is 25.3 Å². The van der Waals surface area contributed by atoms with Crippen LogP contribution in [0.25, 0.3) is 0 Å². The van der Waals surface area contributed by atoms with Crippen LogP contribution >= 0.6 is 0 Å². The van der Waals surface area contributed by atoms with E-state index in [1.165, 1.54) is 5.69 Å². The lowest BCUT2D eigenvalue weighted by Crippen LogP contribution is -2.09. The van der Waals surface area contributed by atoms with Gasteiger partial charge in [0.1, 0.15) is 18.0 Å². The molecule has 0 unspecified atom stereocenters. The zero-order valence-electron chi connectivity index (χ0n) is 13.3. The highest BCUT2D eigenvalue weighted by molar-refractivity contribution is 5.67. The van der Waals surface area contributed by atoms with Crippen LogP contribution in [0.5, 0.6) is 0 Å². The average Bonchev–Trinajstić information content (AvgIpc) is 2.47. The highest BCUT2D eigenvalue weighted by Crippen LogP contribution is 2.30. The van der Waals surface area contributed by atoms with E-state index < -0.39 is 0 Å². The van der Waals surface area contributed by atoms with Crippen LogP contribution < -0.4 is 15.5 Å². The number of benzene rings is 1. The monoisotopic (exact) mass is 285 g/mol. The minimum atomic E-state index is 0.331. The molecule has 1 heterocycles. The SMILES string of the molecule is CNc1ncnc(Nc2ccc(N(C)C)cc2)c1C(C)C. The van der Waals surface area contributed by atoms with Crippen molar-refractivity contribution in [1.29, 1.82) is 0 Å². The van der Waals surface area contributed by atoms with Gasteiger partial charge in [0.15, 0.2) is 0 Å². The number of aromatic nitrogens is 2. The molecule has 21 heavy (non-hydrogen) atoms. The van der Waals surface area contributed by atoms with Crippen LogP contribution in [0, 0.1) is 0 Å². The van der Waals surface area contributed by atoms with E-state index in [0.717, 1.165) is 22.9 Å². The highest BCUT2D eigenvalue weighted by atomic mass is 15.1. The zero-order chi connectivity index (χ0) is 15.4. The predicted molar refractivity (Wildman–Crippen MR) is 89.7 cm³/mol. The second-order valence-corrected chi connectivity index (χ2v) is 5.46. The third-order valence-corrected chi connectivity index (χ3v) is 3.34. The molecule has 0 atom stereocenters. The molecule has 0 aliphatic rings. The van der Waals surface area contributed by atoms with Gasteiger partial charge in [-0.15, -0.1) is 0 Å². The average molecular weight is 285 g/mol. The zero-order valence-corrected chi connectivity index (χ0v) is 13.3. The first kappa shape index (κ1) is 15.1. The molecule has 2 N–H and O–H groups in total. The van der Waals surface area contributed by atoms with Gasteiger partial charge in [0, 0.05) is 38.1 Å². The molecule has 0 fully saturated rings. The van der Waals surface area contributed by atoms with Crippen LogP contribution in [-0.2, 0) is 0 Å². The quantitative estimate of drug-likeness (QED) is 0.881. The molecule has 0 spiro atoms. The number of nitrogens with zero attached hydrogens (tertiary/aromatic N) is 3. The predicted octanol–water partition coefficient (Wildman–Crippen LogP) is 3.45. The molecule has 0 saturated carbocycles. The first-order valence-corrected chi connectivity index (χ1v) is 7.10. The smallest absolute Gasteiger partial charge is 0.139 e. The minimum Gasteiger partial charge on any atom is -0.378 e. The molecule has 0 radical (unpaired) electrons. The Kier molecular flexibility index (Phi) is 4.62. The molecule has 112 valence electrons. The van der Waals surface area contributed by atoms with Crippen LogP contribution in [-0.4, -0.2) is 31.1 Å². The first-order valence-electron chi connectivity index (χ1n) is 7.10. The molecule has 0 aliphatic heterocycles. The van der Waals surface area contributed by atoms with Gasteiger partial charge >= 0.3 is 0 Å². The van der Waals surface area contributed by atoms with Gasteiger partial charge in [0.05, 0.1) is 0 Å². The summed E-state index contributed by atoms with van der Waals surface area (Å²) >= 11 is 0. The Morgan fingerprint density at radius 1 is 1.00 bits per heavy atom. The van der Waals surface area contributed by atoms with Crippen molar-refractivity contribution in [1.82, 2.24) is 9.97 Å². The summed E-state index contributed by atoms with van der Waals surface area (Å²) < 4.78 is 0. The topological polar surface area (TPSA) is 53.1 Å². The minimum absolute atomic E-state index is 0.331. The van der Waals surface area contributed by atoms with Gasteiger partial charge in [-0.25, -0.2) is 9.97 Å². The fourth-order valence-corrected chi connectivity index (χ4v) is 2.22. The van der Waals surface area contributed by atoms with E-state index in [2.05, 4.69) is 63.6 Å². The molecule has 0 bridgehead atoms. The summed E-state index contributed by atoms with van der Waals surface area (Å²) in [7, 11) is 5.94. The fraction of sp³-hybridized carbons (Fsp3) is 0.375. The first-order chi connectivity index (χ1) is 10.0. The Hall–Kier alpha value is -2.30. The summed E-state index contributed by atoms with van der Waals surface area (Å²) in [6.07, 6.45) is 1.58. The van der Waals surface area contributed by atoms with Gasteiger partial charge < -0.3 is 15.5 Å². The lowest BCUT2D eigenvalue weighted by molar-refractivity contribution is 0.852. The van der Waals surface area contributed by atoms with Crippen molar-refractivity contribution in [2.75, 3.05) is 36.7 Å². The van der Waals surface area contributed by atoms with E-state index in [9.17, 15) is 0 Å². The number of nitrogens with one attached hydrogen (secondary N) is 2. The third-order valence-electron chi connectivity index (χ3n) is 3.34. The van der Waals surface area contributed by atoms with Gasteiger partial charge in [0.25, 0.3) is 0 Å². The second kappa shape index (κ2) is 6.43. The summed E-state index contributed by atoms with van der Waals surface area (Å²) in [5.74, 6) is 2.05. The molecule has 2 aromatic rings. The second-order valence-electron chi connectivity index (χ2n) is 5.46. The maximum atomic E-state index is 4.39. The normalized spacial score (nSPS) is 10.6. The summed E-state index contributed by atoms with van der Waals surface area (Å²) in [5, 5.41) is 6.51. The molecular formula is C16H23N5. The maximum absolute atomic E-state index is 4.39. The molecule has 1 aromatic heterocycles. The third kappa shape index (κ3) is 3.42. The van der Waals surface area contributed by atoms with E-state index in [-0.39, 0.29) is 0 Å². The molecule has 5 heteroatoms. The van der Waals surface area contributed by atoms with Crippen LogP contribution in [0.3, 0.4) is 0 Å². The molecule has 5 nitrogen and oxygen atoms in total. The summed E-state index contributed by atoms with van der Waals surface area (Å²) in [5.41, 5.74) is 3.28. The van der Waals surface area contributed by atoms with Crippen LogP contribution in [0.4, 0.5) is 23.0 Å². The standard InChI is InChI=1S/C16H23N5/c1-11(2)14-15(17-3)18-10-19-16(14)20-12-6-8-13(9-7-12)21(4)5/h6-11H,1-5H3,(H2,17,18,19,20). The number of rotatable bonds is 5. The summed E-state index contributed by atoms with van der Waals surface area (Å²) in [4.78, 5) is 10.8. The summed E-state index contributed by atoms with van der Waals surface area (Å²) in [6, 6.07) is 8.27. The van der Waals surface area contributed by atoms with Gasteiger partial charge in [0.2, 0.25) is 0 Å². The Morgan fingerprint density at radius 3 is 2.14 bits per heavy atom. The van der Waals surface area contributed by atoms with E-state index in [1.54, 1.807) is 6.33 Å². The van der Waals surface area contributed by atoms with E-state index in [1.807, 2.05) is 21.1 Å². The largest absolute Gasteiger partial charge is 0.378 e. The number of hydrogen-bond donors (Lipinski definition) is 2. The maximum Gasteiger partial charge on any atom is 0.139 e. The van der Waals surface area contributed by atoms with Crippen molar-refractivity contribution < 1.29 is 0 Å². The Morgan fingerprint density at radius 2 is 1.62 bits per heavy atom. The Balaban J connectivity index is 2.30. The molecular weight excluding hydrogens is 262 g/mol. The number of hydrogen-bond acceptors (Lipinski definition) is 5. The van der Waals surface area contributed by atoms with Crippen LogP contribution in [0.2, 0.25) is 0 Å². The molecule has 1 aromatic carbocycles. The molecule has 2 rings (SSSR count). The van der Waals surface area contributed by atoms with Gasteiger partial charge in [-0.3, -0.25) is 0 Å². The van der Waals surface area contributed by atoms with Crippen LogP contribution in [0.15, 0.2) is 30.6 Å². The fourth-order valence-electron chi connectivity index (χ4n) is 2.22. The summed E-state index contributed by atoms with van der Waals surface area (Å²) in [6.45, 7) is 4.28. The molecule has 0 amide bonds. The molecule has 0 aliphatic carbocycles. The van der Waals surface area contributed by atoms with Crippen molar-refractivity contribution in [2.24, 2.45) is 0 Å². The van der Waals surface area contributed by atoms with E-state index in [0.29, 0.717) is 5.92 Å². The lowest BCUT2D eigenvalue weighted by Gasteiger charge is -2.17. The van der Waals surface area contributed by atoms with Crippen molar-refractivity contribution in [3.05, 3.63) is 36.2 Å². The lowest BCUT2D eigenvalue weighted by atomic mass is 10.0. The van der Waals surface area contributed by atoms with Gasteiger partial charge in [-0.2, -0.15) is 0 Å². The Labute approximate surface area is 126 Å². The van der Waals surface area contributed by atoms with Crippen molar-refractivity contribution >= 4 is 23.0 Å². The van der Waals surface area contributed by atoms with Crippen molar-refractivity contribution in [2.45, 2.75) is 19.8 Å². The molecule has 0 saturated heterocycles. The van der Waals surface area contributed by atoms with E-state index in [4.69, 9.17) is 0 Å². The van der Waals surface area contributed by atoms with Gasteiger partial charge in [-0.1, -0.05) is 13.8 Å². The highest BCUT2D eigenvalue weighted by Gasteiger charge is 2.14. The number of anilines is 4. The van der Waals surface area contributed by atoms with Crippen molar-refractivity contribution in [3.63, 3.8) is 0 Å². The van der Waals surface area contributed by atoms with Gasteiger partial charge in [-0.05, 0) is 30.2 Å². The van der Waals surface area contributed by atoms with E-state index >= 15 is 0 Å².